The molecule has 2 nitrogen and oxygen atoms in total. The standard InChI is InChI=1S/C7H12BrNO/c8-5-1-2-7(10)9-6-3-4-6/h6H,1-5H2,(H,9,10). The van der Waals surface area contributed by atoms with Crippen molar-refractivity contribution in [3.8, 4) is 0 Å². The fraction of sp³-hybridized carbons (Fsp3) is 0.857. The smallest absolute Gasteiger partial charge is 0.220 e. The number of amides is 1. The third-order valence-corrected chi connectivity index (χ3v) is 2.04. The first-order valence-electron chi connectivity index (χ1n) is 3.68. The van der Waals surface area contributed by atoms with Crippen LogP contribution in [-0.4, -0.2) is 17.3 Å². The summed E-state index contributed by atoms with van der Waals surface area (Å²) >= 11 is 3.28. The normalized spacial score (nSPS) is 16.9. The molecule has 0 aromatic heterocycles. The van der Waals surface area contributed by atoms with Gasteiger partial charge in [0.2, 0.25) is 5.91 Å². The van der Waals surface area contributed by atoms with Crippen LogP contribution in [0.25, 0.3) is 0 Å². The number of carbonyl (C=O) groups is 1. The lowest BCUT2D eigenvalue weighted by atomic mass is 10.3. The van der Waals surface area contributed by atoms with Gasteiger partial charge < -0.3 is 5.32 Å². The molecule has 1 fully saturated rings. The molecule has 1 N–H and O–H groups in total. The number of hydrogen-bond donors (Lipinski definition) is 1. The van der Waals surface area contributed by atoms with Crippen LogP contribution < -0.4 is 5.32 Å². The first-order chi connectivity index (χ1) is 4.83. The van der Waals surface area contributed by atoms with E-state index >= 15 is 0 Å². The van der Waals surface area contributed by atoms with Gasteiger partial charge in [-0.15, -0.1) is 0 Å². The molecule has 0 aliphatic heterocycles. The lowest BCUT2D eigenvalue weighted by Gasteiger charge is -1.99. The van der Waals surface area contributed by atoms with Crippen molar-refractivity contribution in [2.75, 3.05) is 5.33 Å². The van der Waals surface area contributed by atoms with E-state index in [0.29, 0.717) is 12.5 Å². The summed E-state index contributed by atoms with van der Waals surface area (Å²) in [7, 11) is 0. The quantitative estimate of drug-likeness (QED) is 0.693. The molecule has 0 radical (unpaired) electrons. The number of alkyl halides is 1. The van der Waals surface area contributed by atoms with Gasteiger partial charge in [0.25, 0.3) is 0 Å². The van der Waals surface area contributed by atoms with Gasteiger partial charge in [-0.05, 0) is 19.3 Å². The second kappa shape index (κ2) is 3.96. The van der Waals surface area contributed by atoms with Gasteiger partial charge in [-0.2, -0.15) is 0 Å². The second-order valence-corrected chi connectivity index (χ2v) is 3.43. The van der Waals surface area contributed by atoms with Crippen molar-refractivity contribution >= 4 is 21.8 Å². The van der Waals surface area contributed by atoms with Gasteiger partial charge in [-0.25, -0.2) is 0 Å². The molecule has 0 spiro atoms. The van der Waals surface area contributed by atoms with Crippen LogP contribution in [0.2, 0.25) is 0 Å². The Kier molecular flexibility index (Phi) is 3.19. The molecular weight excluding hydrogens is 194 g/mol. The number of nitrogens with one attached hydrogen (secondary N) is 1. The average Bonchev–Trinajstić information content (AvgIpc) is 2.67. The van der Waals surface area contributed by atoms with Crippen molar-refractivity contribution in [2.45, 2.75) is 31.7 Å². The van der Waals surface area contributed by atoms with Crippen molar-refractivity contribution in [1.82, 2.24) is 5.32 Å². The molecule has 1 aliphatic rings. The molecule has 0 aromatic rings. The van der Waals surface area contributed by atoms with Gasteiger partial charge in [-0.1, -0.05) is 15.9 Å². The highest BCUT2D eigenvalue weighted by Gasteiger charge is 2.22. The van der Waals surface area contributed by atoms with E-state index in [1.165, 1.54) is 12.8 Å². The first kappa shape index (κ1) is 8.05. The van der Waals surface area contributed by atoms with Crippen LogP contribution in [-0.2, 0) is 4.79 Å². The minimum Gasteiger partial charge on any atom is -0.353 e. The van der Waals surface area contributed by atoms with E-state index < -0.39 is 0 Å². The molecule has 1 aliphatic carbocycles. The van der Waals surface area contributed by atoms with Crippen LogP contribution in [0.4, 0.5) is 0 Å². The molecule has 1 rings (SSSR count). The Morgan fingerprint density at radius 2 is 2.30 bits per heavy atom. The predicted molar refractivity (Wildman–Crippen MR) is 44.2 cm³/mol. The highest BCUT2D eigenvalue weighted by atomic mass is 79.9. The van der Waals surface area contributed by atoms with Crippen LogP contribution in [0, 0.1) is 0 Å². The van der Waals surface area contributed by atoms with Gasteiger partial charge in [0.1, 0.15) is 0 Å². The Labute approximate surface area is 69.5 Å². The SMILES string of the molecule is O=C(CCCBr)NC1CC1. The Bertz CT molecular complexity index is 123. The largest absolute Gasteiger partial charge is 0.353 e. The summed E-state index contributed by atoms with van der Waals surface area (Å²) in [6, 6.07) is 0.517. The zero-order chi connectivity index (χ0) is 7.40. The van der Waals surface area contributed by atoms with Gasteiger partial charge in [0.05, 0.1) is 0 Å². The molecule has 10 heavy (non-hydrogen) atoms. The highest BCUT2D eigenvalue weighted by Crippen LogP contribution is 2.18. The van der Waals surface area contributed by atoms with Gasteiger partial charge in [-0.3, -0.25) is 4.79 Å². The zero-order valence-corrected chi connectivity index (χ0v) is 7.49. The maximum Gasteiger partial charge on any atom is 0.220 e. The van der Waals surface area contributed by atoms with Crippen molar-refractivity contribution in [3.63, 3.8) is 0 Å². The zero-order valence-electron chi connectivity index (χ0n) is 5.90. The number of halogens is 1. The summed E-state index contributed by atoms with van der Waals surface area (Å²) in [5.74, 6) is 0.210. The molecule has 1 saturated carbocycles. The third kappa shape index (κ3) is 3.20. The molecule has 3 heteroatoms. The van der Waals surface area contributed by atoms with Crippen molar-refractivity contribution in [2.24, 2.45) is 0 Å². The topological polar surface area (TPSA) is 29.1 Å². The Hall–Kier alpha value is -0.0500. The molecule has 0 aromatic carbocycles. The van der Waals surface area contributed by atoms with Crippen LogP contribution in [0.5, 0.6) is 0 Å². The third-order valence-electron chi connectivity index (χ3n) is 1.48. The second-order valence-electron chi connectivity index (χ2n) is 2.63. The van der Waals surface area contributed by atoms with E-state index in [0.717, 1.165) is 11.8 Å². The van der Waals surface area contributed by atoms with Crippen molar-refractivity contribution < 1.29 is 4.79 Å². The summed E-state index contributed by atoms with van der Waals surface area (Å²) in [5.41, 5.74) is 0. The van der Waals surface area contributed by atoms with E-state index in [-0.39, 0.29) is 5.91 Å². The first-order valence-corrected chi connectivity index (χ1v) is 4.80. The molecule has 0 saturated heterocycles. The fourth-order valence-electron chi connectivity index (χ4n) is 0.755. The van der Waals surface area contributed by atoms with Crippen LogP contribution in [0.15, 0.2) is 0 Å². The van der Waals surface area contributed by atoms with Crippen molar-refractivity contribution in [1.29, 1.82) is 0 Å². The van der Waals surface area contributed by atoms with E-state index in [2.05, 4.69) is 21.2 Å². The maximum atomic E-state index is 10.9. The molecule has 0 unspecified atom stereocenters. The molecule has 1 amide bonds. The van der Waals surface area contributed by atoms with E-state index in [9.17, 15) is 4.79 Å². The molecule has 0 atom stereocenters. The summed E-state index contributed by atoms with van der Waals surface area (Å²) < 4.78 is 0. The Morgan fingerprint density at radius 3 is 2.80 bits per heavy atom. The summed E-state index contributed by atoms with van der Waals surface area (Å²) in [6.45, 7) is 0. The molecule has 0 bridgehead atoms. The van der Waals surface area contributed by atoms with Gasteiger partial charge in [0.15, 0.2) is 0 Å². The van der Waals surface area contributed by atoms with Crippen LogP contribution >= 0.6 is 15.9 Å². The Morgan fingerprint density at radius 1 is 1.60 bits per heavy atom. The van der Waals surface area contributed by atoms with Crippen LogP contribution in [0.3, 0.4) is 0 Å². The minimum atomic E-state index is 0.210. The Balaban J connectivity index is 1.97. The number of rotatable bonds is 4. The minimum absolute atomic E-state index is 0.210. The fourth-order valence-corrected chi connectivity index (χ4v) is 1.04. The molecular formula is C7H12BrNO. The predicted octanol–water partition coefficient (Wildman–Crippen LogP) is 1.44. The summed E-state index contributed by atoms with van der Waals surface area (Å²) in [6.07, 6.45) is 3.97. The number of carbonyl (C=O) groups excluding carboxylic acids is 1. The lowest BCUT2D eigenvalue weighted by molar-refractivity contribution is -0.121. The lowest BCUT2D eigenvalue weighted by Crippen LogP contribution is -2.24. The van der Waals surface area contributed by atoms with E-state index in [1.807, 2.05) is 0 Å². The molecule has 58 valence electrons. The van der Waals surface area contributed by atoms with E-state index in [4.69, 9.17) is 0 Å². The van der Waals surface area contributed by atoms with Crippen molar-refractivity contribution in [3.05, 3.63) is 0 Å². The monoisotopic (exact) mass is 205 g/mol. The van der Waals surface area contributed by atoms with E-state index in [1.54, 1.807) is 0 Å². The highest BCUT2D eigenvalue weighted by molar-refractivity contribution is 9.09. The van der Waals surface area contributed by atoms with Gasteiger partial charge in [0, 0.05) is 17.8 Å². The van der Waals surface area contributed by atoms with Crippen LogP contribution in [0.1, 0.15) is 25.7 Å². The van der Waals surface area contributed by atoms with Gasteiger partial charge >= 0.3 is 0 Å². The summed E-state index contributed by atoms with van der Waals surface area (Å²) in [5, 5.41) is 3.85. The summed E-state index contributed by atoms with van der Waals surface area (Å²) in [4.78, 5) is 10.9. The number of hydrogen-bond acceptors (Lipinski definition) is 1. The maximum absolute atomic E-state index is 10.9. The average molecular weight is 206 g/mol. The molecule has 0 heterocycles.